The molecule has 0 unspecified atom stereocenters. The van der Waals surface area contributed by atoms with Crippen molar-refractivity contribution in [2.75, 3.05) is 5.32 Å². The molecule has 0 spiro atoms. The highest BCUT2D eigenvalue weighted by molar-refractivity contribution is 6.39. The molecule has 0 saturated carbocycles. The fraction of sp³-hybridized carbons (Fsp3) is 0.261. The maximum Gasteiger partial charge on any atom is 0.313 e. The van der Waals surface area contributed by atoms with Gasteiger partial charge in [0.15, 0.2) is 0 Å². The minimum absolute atomic E-state index is 0.0682. The SMILES string of the molecule is C[C@H](NC(=O)C(=O)Nc1cnc2ccccc2c1)c1ccc(C(C)(C)C)cc1. The van der Waals surface area contributed by atoms with Gasteiger partial charge in [0, 0.05) is 5.39 Å². The first kappa shape index (κ1) is 19.5. The molecular weight excluding hydrogens is 350 g/mol. The van der Waals surface area contributed by atoms with E-state index in [4.69, 9.17) is 0 Å². The van der Waals surface area contributed by atoms with Crippen LogP contribution in [0.15, 0.2) is 60.8 Å². The summed E-state index contributed by atoms with van der Waals surface area (Å²) in [4.78, 5) is 28.8. The summed E-state index contributed by atoms with van der Waals surface area (Å²) in [5, 5.41) is 6.24. The van der Waals surface area contributed by atoms with Gasteiger partial charge in [-0.25, -0.2) is 0 Å². The van der Waals surface area contributed by atoms with Crippen molar-refractivity contribution in [3.05, 3.63) is 71.9 Å². The number of carbonyl (C=O) groups excluding carboxylic acids is 2. The standard InChI is InChI=1S/C23H25N3O2/c1-15(16-9-11-18(12-10-16)23(2,3)4)25-21(27)22(28)26-19-13-17-7-5-6-8-20(17)24-14-19/h5-15H,1-4H3,(H,25,27)(H,26,28)/t15-/m0/s1. The van der Waals surface area contributed by atoms with Crippen molar-refractivity contribution < 1.29 is 9.59 Å². The third kappa shape index (κ3) is 4.55. The summed E-state index contributed by atoms with van der Waals surface area (Å²) in [6.07, 6.45) is 1.54. The van der Waals surface area contributed by atoms with Crippen molar-refractivity contribution in [2.24, 2.45) is 0 Å². The van der Waals surface area contributed by atoms with E-state index in [0.717, 1.165) is 16.5 Å². The topological polar surface area (TPSA) is 71.1 Å². The maximum absolute atomic E-state index is 12.3. The first-order valence-electron chi connectivity index (χ1n) is 9.31. The number of pyridine rings is 1. The molecule has 1 atom stereocenters. The maximum atomic E-state index is 12.3. The number of aromatic nitrogens is 1. The smallest absolute Gasteiger partial charge is 0.313 e. The third-order valence-electron chi connectivity index (χ3n) is 4.68. The summed E-state index contributed by atoms with van der Waals surface area (Å²) in [6, 6.07) is 17.2. The van der Waals surface area contributed by atoms with Crippen LogP contribution in [0.25, 0.3) is 10.9 Å². The molecule has 1 heterocycles. The zero-order valence-corrected chi connectivity index (χ0v) is 16.6. The number of nitrogens with zero attached hydrogens (tertiary/aromatic N) is 1. The lowest BCUT2D eigenvalue weighted by Gasteiger charge is -2.20. The normalized spacial score (nSPS) is 12.4. The highest BCUT2D eigenvalue weighted by Gasteiger charge is 2.18. The quantitative estimate of drug-likeness (QED) is 0.669. The van der Waals surface area contributed by atoms with Crippen LogP contribution in [-0.2, 0) is 15.0 Å². The first-order chi connectivity index (χ1) is 13.2. The lowest BCUT2D eigenvalue weighted by Crippen LogP contribution is -2.36. The van der Waals surface area contributed by atoms with Gasteiger partial charge in [-0.3, -0.25) is 14.6 Å². The molecule has 2 N–H and O–H groups in total. The minimum atomic E-state index is -0.713. The van der Waals surface area contributed by atoms with Crippen LogP contribution < -0.4 is 10.6 Å². The number of amides is 2. The summed E-state index contributed by atoms with van der Waals surface area (Å²) in [5.74, 6) is -1.39. The molecule has 0 aliphatic rings. The molecule has 3 aromatic rings. The van der Waals surface area contributed by atoms with Crippen molar-refractivity contribution in [2.45, 2.75) is 39.2 Å². The van der Waals surface area contributed by atoms with E-state index in [2.05, 4.69) is 48.5 Å². The molecule has 0 radical (unpaired) electrons. The lowest BCUT2D eigenvalue weighted by molar-refractivity contribution is -0.136. The van der Waals surface area contributed by atoms with Gasteiger partial charge in [-0.1, -0.05) is 63.2 Å². The Kier molecular flexibility index (Phi) is 5.45. The van der Waals surface area contributed by atoms with E-state index in [1.54, 1.807) is 12.3 Å². The number of carbonyl (C=O) groups is 2. The molecule has 2 amide bonds. The number of para-hydroxylation sites is 1. The second-order valence-corrected chi connectivity index (χ2v) is 7.94. The third-order valence-corrected chi connectivity index (χ3v) is 4.68. The van der Waals surface area contributed by atoms with Crippen molar-refractivity contribution in [1.82, 2.24) is 10.3 Å². The van der Waals surface area contributed by atoms with E-state index in [0.29, 0.717) is 5.69 Å². The van der Waals surface area contributed by atoms with Crippen molar-refractivity contribution in [1.29, 1.82) is 0 Å². The Labute approximate surface area is 165 Å². The highest BCUT2D eigenvalue weighted by Crippen LogP contribution is 2.24. The van der Waals surface area contributed by atoms with Gasteiger partial charge in [0.25, 0.3) is 0 Å². The summed E-state index contributed by atoms with van der Waals surface area (Å²) in [6.45, 7) is 8.31. The van der Waals surface area contributed by atoms with Crippen LogP contribution in [0.5, 0.6) is 0 Å². The van der Waals surface area contributed by atoms with Gasteiger partial charge in [0.1, 0.15) is 0 Å². The second-order valence-electron chi connectivity index (χ2n) is 7.94. The first-order valence-corrected chi connectivity index (χ1v) is 9.31. The van der Waals surface area contributed by atoms with Crippen molar-refractivity contribution in [3.63, 3.8) is 0 Å². The van der Waals surface area contributed by atoms with E-state index in [1.165, 1.54) is 5.56 Å². The molecule has 0 aliphatic heterocycles. The Bertz CT molecular complexity index is 1000. The van der Waals surface area contributed by atoms with Crippen LogP contribution in [0.2, 0.25) is 0 Å². The summed E-state index contributed by atoms with van der Waals surface area (Å²) in [5.41, 5.74) is 3.55. The monoisotopic (exact) mass is 375 g/mol. The number of benzene rings is 2. The molecule has 5 heteroatoms. The average molecular weight is 375 g/mol. The van der Waals surface area contributed by atoms with E-state index in [-0.39, 0.29) is 11.5 Å². The van der Waals surface area contributed by atoms with Gasteiger partial charge in [-0.2, -0.15) is 0 Å². The molecule has 5 nitrogen and oxygen atoms in total. The van der Waals surface area contributed by atoms with Crippen LogP contribution in [0, 0.1) is 0 Å². The fourth-order valence-corrected chi connectivity index (χ4v) is 2.94. The lowest BCUT2D eigenvalue weighted by atomic mass is 9.86. The number of fused-ring (bicyclic) bond motifs is 1. The molecular formula is C23H25N3O2. The minimum Gasteiger partial charge on any atom is -0.341 e. The zero-order valence-electron chi connectivity index (χ0n) is 16.6. The molecule has 0 saturated heterocycles. The van der Waals surface area contributed by atoms with Crippen LogP contribution >= 0.6 is 0 Å². The molecule has 1 aromatic heterocycles. The number of rotatable bonds is 3. The van der Waals surface area contributed by atoms with Gasteiger partial charge in [0.2, 0.25) is 0 Å². The molecule has 0 aliphatic carbocycles. The van der Waals surface area contributed by atoms with E-state index >= 15 is 0 Å². The van der Waals surface area contributed by atoms with Crippen LogP contribution in [0.3, 0.4) is 0 Å². The molecule has 0 bridgehead atoms. The summed E-state index contributed by atoms with van der Waals surface area (Å²) < 4.78 is 0. The second kappa shape index (κ2) is 7.80. The number of hydrogen-bond acceptors (Lipinski definition) is 3. The number of nitrogens with one attached hydrogen (secondary N) is 2. The Morgan fingerprint density at radius 3 is 2.32 bits per heavy atom. The van der Waals surface area contributed by atoms with Gasteiger partial charge >= 0.3 is 11.8 Å². The van der Waals surface area contributed by atoms with Gasteiger partial charge < -0.3 is 10.6 Å². The predicted molar refractivity (Wildman–Crippen MR) is 112 cm³/mol. The Balaban J connectivity index is 1.63. The molecule has 0 fully saturated rings. The predicted octanol–water partition coefficient (Wildman–Crippen LogP) is 4.35. The highest BCUT2D eigenvalue weighted by atomic mass is 16.2. The van der Waals surface area contributed by atoms with Crippen molar-refractivity contribution >= 4 is 28.4 Å². The van der Waals surface area contributed by atoms with E-state index in [1.807, 2.05) is 43.3 Å². The molecule has 28 heavy (non-hydrogen) atoms. The Hall–Kier alpha value is -3.21. The molecule has 144 valence electrons. The zero-order chi connectivity index (χ0) is 20.3. The summed E-state index contributed by atoms with van der Waals surface area (Å²) in [7, 11) is 0. The van der Waals surface area contributed by atoms with Crippen LogP contribution in [0.4, 0.5) is 5.69 Å². The largest absolute Gasteiger partial charge is 0.341 e. The Morgan fingerprint density at radius 2 is 1.64 bits per heavy atom. The molecule has 3 rings (SSSR count). The van der Waals surface area contributed by atoms with Crippen molar-refractivity contribution in [3.8, 4) is 0 Å². The van der Waals surface area contributed by atoms with Gasteiger partial charge in [-0.15, -0.1) is 0 Å². The summed E-state index contributed by atoms with van der Waals surface area (Å²) >= 11 is 0. The van der Waals surface area contributed by atoms with Gasteiger partial charge in [-0.05, 0) is 35.6 Å². The fourth-order valence-electron chi connectivity index (χ4n) is 2.94. The average Bonchev–Trinajstić information content (AvgIpc) is 2.67. The van der Waals surface area contributed by atoms with E-state index in [9.17, 15) is 9.59 Å². The molecule has 2 aromatic carbocycles. The van der Waals surface area contributed by atoms with Gasteiger partial charge in [0.05, 0.1) is 23.4 Å². The van der Waals surface area contributed by atoms with Crippen LogP contribution in [0.1, 0.15) is 44.9 Å². The van der Waals surface area contributed by atoms with E-state index < -0.39 is 11.8 Å². The number of hydrogen-bond donors (Lipinski definition) is 2. The Morgan fingerprint density at radius 1 is 0.964 bits per heavy atom. The van der Waals surface area contributed by atoms with Crippen LogP contribution in [-0.4, -0.2) is 16.8 Å². The number of anilines is 1.